The van der Waals surface area contributed by atoms with Gasteiger partial charge >= 0.3 is 0 Å². The van der Waals surface area contributed by atoms with Crippen LogP contribution in [0.15, 0.2) is 24.3 Å². The van der Waals surface area contributed by atoms with Crippen molar-refractivity contribution in [3.63, 3.8) is 0 Å². The van der Waals surface area contributed by atoms with Crippen LogP contribution in [0, 0.1) is 11.8 Å². The molecule has 0 aliphatic carbocycles. The van der Waals surface area contributed by atoms with Gasteiger partial charge in [-0.3, -0.25) is 4.79 Å². The molecule has 1 aliphatic heterocycles. The molecule has 1 atom stereocenters. The number of morpholine rings is 1. The molecule has 2 rings (SSSR count). The Morgan fingerprint density at radius 2 is 2.40 bits per heavy atom. The van der Waals surface area contributed by atoms with Crippen LogP contribution in [0.1, 0.15) is 29.3 Å². The third-order valence-corrected chi connectivity index (χ3v) is 3.38. The maximum absolute atomic E-state index is 12.6. The first-order chi connectivity index (χ1) is 9.76. The van der Waals surface area contributed by atoms with Crippen LogP contribution in [0.5, 0.6) is 0 Å². The van der Waals surface area contributed by atoms with Crippen LogP contribution in [-0.2, 0) is 4.74 Å². The summed E-state index contributed by atoms with van der Waals surface area (Å²) in [5.41, 5.74) is 1.38. The van der Waals surface area contributed by atoms with Crippen molar-refractivity contribution < 1.29 is 14.6 Å². The number of carbonyl (C=O) groups excluding carboxylic acids is 1. The van der Waals surface area contributed by atoms with Crippen LogP contribution < -0.4 is 0 Å². The highest BCUT2D eigenvalue weighted by molar-refractivity contribution is 5.94. The molecule has 0 saturated carbocycles. The quantitative estimate of drug-likeness (QED) is 0.826. The van der Waals surface area contributed by atoms with Gasteiger partial charge < -0.3 is 14.7 Å². The van der Waals surface area contributed by atoms with Gasteiger partial charge in [0.25, 0.3) is 5.91 Å². The SMILES string of the molecule is CCC1COCCN1C(=O)c1cccc(C#CCO)c1. The minimum Gasteiger partial charge on any atom is -0.384 e. The lowest BCUT2D eigenvalue weighted by Gasteiger charge is -2.35. The zero-order valence-corrected chi connectivity index (χ0v) is 11.6. The van der Waals surface area contributed by atoms with Gasteiger partial charge in [-0.05, 0) is 24.6 Å². The maximum atomic E-state index is 12.6. The van der Waals surface area contributed by atoms with Crippen molar-refractivity contribution in [3.05, 3.63) is 35.4 Å². The Morgan fingerprint density at radius 1 is 1.55 bits per heavy atom. The molecule has 0 aromatic heterocycles. The van der Waals surface area contributed by atoms with Crippen LogP contribution in [-0.4, -0.2) is 48.3 Å². The number of benzene rings is 1. The number of ether oxygens (including phenoxy) is 1. The summed E-state index contributed by atoms with van der Waals surface area (Å²) in [7, 11) is 0. The van der Waals surface area contributed by atoms with E-state index in [0.717, 1.165) is 12.0 Å². The van der Waals surface area contributed by atoms with E-state index in [1.54, 1.807) is 12.1 Å². The summed E-state index contributed by atoms with van der Waals surface area (Å²) in [6, 6.07) is 7.36. The molecule has 1 heterocycles. The Kier molecular flexibility index (Phi) is 5.16. The normalized spacial score (nSPS) is 18.3. The summed E-state index contributed by atoms with van der Waals surface area (Å²) in [4.78, 5) is 14.4. The Morgan fingerprint density at radius 3 is 3.15 bits per heavy atom. The molecule has 0 bridgehead atoms. The molecule has 1 saturated heterocycles. The van der Waals surface area contributed by atoms with E-state index in [9.17, 15) is 4.79 Å². The van der Waals surface area contributed by atoms with Gasteiger partial charge in [-0.15, -0.1) is 0 Å². The van der Waals surface area contributed by atoms with Gasteiger partial charge in [0.1, 0.15) is 6.61 Å². The number of nitrogens with zero attached hydrogens (tertiary/aromatic N) is 1. The number of aliphatic hydroxyl groups is 1. The smallest absolute Gasteiger partial charge is 0.254 e. The number of rotatable bonds is 2. The van der Waals surface area contributed by atoms with E-state index in [2.05, 4.69) is 18.8 Å². The fourth-order valence-corrected chi connectivity index (χ4v) is 2.30. The zero-order valence-electron chi connectivity index (χ0n) is 11.6. The second-order valence-electron chi connectivity index (χ2n) is 4.68. The van der Waals surface area contributed by atoms with Crippen molar-refractivity contribution >= 4 is 5.91 Å². The van der Waals surface area contributed by atoms with E-state index in [4.69, 9.17) is 9.84 Å². The van der Waals surface area contributed by atoms with Crippen molar-refractivity contribution in [2.45, 2.75) is 19.4 Å². The zero-order chi connectivity index (χ0) is 14.4. The standard InChI is InChI=1S/C16H19NO3/c1-2-15-12-20-10-8-17(15)16(19)14-7-3-5-13(11-14)6-4-9-18/h3,5,7,11,15,18H,2,8-10,12H2,1H3. The van der Waals surface area contributed by atoms with Crippen LogP contribution in [0.2, 0.25) is 0 Å². The van der Waals surface area contributed by atoms with Crippen LogP contribution in [0.4, 0.5) is 0 Å². The number of carbonyl (C=O) groups is 1. The predicted octanol–water partition coefficient (Wildman–Crippen LogP) is 1.28. The lowest BCUT2D eigenvalue weighted by Crippen LogP contribution is -2.48. The van der Waals surface area contributed by atoms with Gasteiger partial charge in [0.15, 0.2) is 0 Å². The first-order valence-electron chi connectivity index (χ1n) is 6.84. The summed E-state index contributed by atoms with van der Waals surface area (Å²) >= 11 is 0. The molecule has 0 radical (unpaired) electrons. The molecule has 1 unspecified atom stereocenters. The largest absolute Gasteiger partial charge is 0.384 e. The van der Waals surface area contributed by atoms with Crippen molar-refractivity contribution in [2.24, 2.45) is 0 Å². The summed E-state index contributed by atoms with van der Waals surface area (Å²) < 4.78 is 5.42. The molecular formula is C16H19NO3. The summed E-state index contributed by atoms with van der Waals surface area (Å²) in [5, 5.41) is 8.71. The third-order valence-electron chi connectivity index (χ3n) is 3.38. The molecule has 106 valence electrons. The molecule has 1 aromatic rings. The Labute approximate surface area is 119 Å². The third kappa shape index (κ3) is 3.38. The summed E-state index contributed by atoms with van der Waals surface area (Å²) in [5.74, 6) is 5.43. The lowest BCUT2D eigenvalue weighted by atomic mass is 10.1. The number of hydrogen-bond acceptors (Lipinski definition) is 3. The second-order valence-corrected chi connectivity index (χ2v) is 4.68. The Balaban J connectivity index is 2.19. The molecule has 0 spiro atoms. The van der Waals surface area contributed by atoms with Crippen molar-refractivity contribution in [3.8, 4) is 11.8 Å². The van der Waals surface area contributed by atoms with E-state index < -0.39 is 0 Å². The monoisotopic (exact) mass is 273 g/mol. The molecule has 1 N–H and O–H groups in total. The molecule has 4 heteroatoms. The van der Waals surface area contributed by atoms with E-state index >= 15 is 0 Å². The van der Waals surface area contributed by atoms with Crippen LogP contribution >= 0.6 is 0 Å². The average Bonchev–Trinajstić information content (AvgIpc) is 2.52. The molecule has 4 nitrogen and oxygen atoms in total. The van der Waals surface area contributed by atoms with Gasteiger partial charge in [-0.2, -0.15) is 0 Å². The molecule has 1 aromatic carbocycles. The Bertz CT molecular complexity index is 530. The Hall–Kier alpha value is -1.83. The van der Waals surface area contributed by atoms with E-state index in [0.29, 0.717) is 25.3 Å². The van der Waals surface area contributed by atoms with Gasteiger partial charge in [0.05, 0.1) is 19.3 Å². The van der Waals surface area contributed by atoms with E-state index in [1.807, 2.05) is 17.0 Å². The predicted molar refractivity (Wildman–Crippen MR) is 76.3 cm³/mol. The van der Waals surface area contributed by atoms with E-state index in [-0.39, 0.29) is 18.6 Å². The average molecular weight is 273 g/mol. The molecule has 1 aliphatic rings. The number of hydrogen-bond donors (Lipinski definition) is 1. The number of aliphatic hydroxyl groups excluding tert-OH is 1. The van der Waals surface area contributed by atoms with Crippen molar-refractivity contribution in [1.29, 1.82) is 0 Å². The van der Waals surface area contributed by atoms with Gasteiger partial charge in [-0.25, -0.2) is 0 Å². The molecule has 20 heavy (non-hydrogen) atoms. The fraction of sp³-hybridized carbons (Fsp3) is 0.438. The van der Waals surface area contributed by atoms with Gasteiger partial charge in [-0.1, -0.05) is 24.8 Å². The molecule has 1 amide bonds. The van der Waals surface area contributed by atoms with Gasteiger partial charge in [0, 0.05) is 17.7 Å². The first kappa shape index (κ1) is 14.6. The molecule has 1 fully saturated rings. The number of amides is 1. The second kappa shape index (κ2) is 7.09. The van der Waals surface area contributed by atoms with Crippen molar-refractivity contribution in [2.75, 3.05) is 26.4 Å². The fourth-order valence-electron chi connectivity index (χ4n) is 2.30. The highest BCUT2D eigenvalue weighted by Gasteiger charge is 2.26. The minimum atomic E-state index is -0.181. The summed E-state index contributed by atoms with van der Waals surface area (Å²) in [6.45, 7) is 3.70. The molecular weight excluding hydrogens is 254 g/mol. The minimum absolute atomic E-state index is 0.0211. The lowest BCUT2D eigenvalue weighted by molar-refractivity contribution is -0.00279. The van der Waals surface area contributed by atoms with E-state index in [1.165, 1.54) is 0 Å². The van der Waals surface area contributed by atoms with Crippen LogP contribution in [0.25, 0.3) is 0 Å². The van der Waals surface area contributed by atoms with Crippen molar-refractivity contribution in [1.82, 2.24) is 4.90 Å². The highest BCUT2D eigenvalue weighted by Crippen LogP contribution is 2.15. The maximum Gasteiger partial charge on any atom is 0.254 e. The van der Waals surface area contributed by atoms with Gasteiger partial charge in [0.2, 0.25) is 0 Å². The highest BCUT2D eigenvalue weighted by atomic mass is 16.5. The topological polar surface area (TPSA) is 49.8 Å². The first-order valence-corrected chi connectivity index (χ1v) is 6.84. The van der Waals surface area contributed by atoms with Crippen LogP contribution in [0.3, 0.4) is 0 Å². The summed E-state index contributed by atoms with van der Waals surface area (Å²) in [6.07, 6.45) is 0.885.